The lowest BCUT2D eigenvalue weighted by Crippen LogP contribution is -1.95. The van der Waals surface area contributed by atoms with Gasteiger partial charge in [-0.2, -0.15) is 5.26 Å². The van der Waals surface area contributed by atoms with E-state index in [9.17, 15) is 4.79 Å². The van der Waals surface area contributed by atoms with Gasteiger partial charge in [0.2, 0.25) is 0 Å². The smallest absolute Gasteiger partial charge is 0.159 e. The Kier molecular flexibility index (Phi) is 4.12. The van der Waals surface area contributed by atoms with Gasteiger partial charge >= 0.3 is 0 Å². The maximum Gasteiger partial charge on any atom is 0.159 e. The fourth-order valence-corrected chi connectivity index (χ4v) is 1.20. The van der Waals surface area contributed by atoms with Crippen LogP contribution in [0.25, 0.3) is 0 Å². The van der Waals surface area contributed by atoms with Gasteiger partial charge in [0.25, 0.3) is 0 Å². The van der Waals surface area contributed by atoms with Crippen LogP contribution in [0.1, 0.15) is 29.3 Å². The van der Waals surface area contributed by atoms with Crippen LogP contribution in [0.4, 0.5) is 0 Å². The van der Waals surface area contributed by atoms with Crippen LogP contribution >= 0.6 is 0 Å². The molecule has 0 amide bonds. The van der Waals surface area contributed by atoms with Crippen LogP contribution in [0.15, 0.2) is 18.2 Å². The standard InChI is InChI=1S/C13H11NO2/c1-10(15)11-6-7-13(16-2)12(9-11)5-3-4-8-14/h6-7,9H,4H2,1-2H3. The molecule has 0 unspecified atom stereocenters. The van der Waals surface area contributed by atoms with Crippen LogP contribution in [0.2, 0.25) is 0 Å². The molecule has 3 heteroatoms. The fraction of sp³-hybridized carbons (Fsp3) is 0.231. The average molecular weight is 213 g/mol. The number of methoxy groups -OCH3 is 1. The van der Waals surface area contributed by atoms with Gasteiger partial charge < -0.3 is 4.74 Å². The second kappa shape index (κ2) is 5.58. The number of hydrogen-bond acceptors (Lipinski definition) is 3. The average Bonchev–Trinajstić information content (AvgIpc) is 2.29. The number of benzene rings is 1. The van der Waals surface area contributed by atoms with Gasteiger partial charge in [-0.3, -0.25) is 4.79 Å². The molecule has 1 rings (SSSR count). The molecular weight excluding hydrogens is 202 g/mol. The zero-order valence-electron chi connectivity index (χ0n) is 9.20. The normalized spacial score (nSPS) is 8.56. The van der Waals surface area contributed by atoms with Gasteiger partial charge in [-0.05, 0) is 25.1 Å². The minimum atomic E-state index is -0.0222. The fourth-order valence-electron chi connectivity index (χ4n) is 1.20. The van der Waals surface area contributed by atoms with Gasteiger partial charge in [-0.1, -0.05) is 11.8 Å². The summed E-state index contributed by atoms with van der Waals surface area (Å²) in [6.07, 6.45) is 0.160. The lowest BCUT2D eigenvalue weighted by molar-refractivity contribution is 0.101. The molecule has 16 heavy (non-hydrogen) atoms. The first kappa shape index (κ1) is 11.8. The molecule has 0 radical (unpaired) electrons. The summed E-state index contributed by atoms with van der Waals surface area (Å²) in [7, 11) is 1.54. The summed E-state index contributed by atoms with van der Waals surface area (Å²) < 4.78 is 5.11. The van der Waals surface area contributed by atoms with Crippen molar-refractivity contribution < 1.29 is 9.53 Å². The van der Waals surface area contributed by atoms with Crippen LogP contribution < -0.4 is 4.74 Å². The quantitative estimate of drug-likeness (QED) is 0.558. The van der Waals surface area contributed by atoms with E-state index < -0.39 is 0 Å². The molecule has 0 heterocycles. The summed E-state index contributed by atoms with van der Waals surface area (Å²) >= 11 is 0. The number of nitriles is 1. The molecule has 0 aliphatic rings. The summed E-state index contributed by atoms with van der Waals surface area (Å²) in [5.74, 6) is 6.09. The van der Waals surface area contributed by atoms with Gasteiger partial charge in [-0.25, -0.2) is 0 Å². The Hall–Kier alpha value is -2.26. The van der Waals surface area contributed by atoms with Crippen molar-refractivity contribution in [3.05, 3.63) is 29.3 Å². The highest BCUT2D eigenvalue weighted by Gasteiger charge is 2.04. The third kappa shape index (κ3) is 2.87. The molecule has 0 atom stereocenters. The number of ether oxygens (including phenoxy) is 1. The monoisotopic (exact) mass is 213 g/mol. The Morgan fingerprint density at radius 2 is 2.25 bits per heavy atom. The molecule has 0 fully saturated rings. The van der Waals surface area contributed by atoms with Crippen molar-refractivity contribution >= 4 is 5.78 Å². The van der Waals surface area contributed by atoms with Gasteiger partial charge in [0.05, 0.1) is 25.2 Å². The van der Waals surface area contributed by atoms with Gasteiger partial charge in [0.1, 0.15) is 5.75 Å². The minimum absolute atomic E-state index is 0.0222. The summed E-state index contributed by atoms with van der Waals surface area (Å²) in [6, 6.07) is 7.00. The van der Waals surface area contributed by atoms with Crippen LogP contribution in [-0.2, 0) is 0 Å². The second-order valence-corrected chi connectivity index (χ2v) is 3.11. The van der Waals surface area contributed by atoms with Gasteiger partial charge in [0.15, 0.2) is 5.78 Å². The predicted molar refractivity (Wildman–Crippen MR) is 60.1 cm³/mol. The van der Waals surface area contributed by atoms with E-state index in [1.807, 2.05) is 6.07 Å². The van der Waals surface area contributed by atoms with Crippen LogP contribution in [0.5, 0.6) is 5.75 Å². The van der Waals surface area contributed by atoms with Crippen molar-refractivity contribution in [3.8, 4) is 23.7 Å². The SMILES string of the molecule is COc1ccc(C(C)=O)cc1C#CCC#N. The van der Waals surface area contributed by atoms with E-state index >= 15 is 0 Å². The molecule has 0 spiro atoms. The zero-order valence-corrected chi connectivity index (χ0v) is 9.20. The molecule has 1 aromatic rings. The highest BCUT2D eigenvalue weighted by atomic mass is 16.5. The molecule has 0 aliphatic heterocycles. The summed E-state index contributed by atoms with van der Waals surface area (Å²) in [5.41, 5.74) is 1.22. The van der Waals surface area contributed by atoms with Crippen LogP contribution in [0.3, 0.4) is 0 Å². The van der Waals surface area contributed by atoms with Crippen molar-refractivity contribution in [2.75, 3.05) is 7.11 Å². The number of rotatable bonds is 2. The number of hydrogen-bond donors (Lipinski definition) is 0. The molecule has 0 bridgehead atoms. The molecule has 0 N–H and O–H groups in total. The van der Waals surface area contributed by atoms with Crippen LogP contribution in [-0.4, -0.2) is 12.9 Å². The van der Waals surface area contributed by atoms with E-state index in [0.717, 1.165) is 0 Å². The maximum atomic E-state index is 11.2. The maximum absolute atomic E-state index is 11.2. The Labute approximate surface area is 94.7 Å². The van der Waals surface area contributed by atoms with Crippen molar-refractivity contribution in [1.29, 1.82) is 5.26 Å². The van der Waals surface area contributed by atoms with E-state index in [1.54, 1.807) is 18.2 Å². The summed E-state index contributed by atoms with van der Waals surface area (Å²) in [4.78, 5) is 11.2. The number of ketones is 1. The van der Waals surface area contributed by atoms with Crippen molar-refractivity contribution in [3.63, 3.8) is 0 Å². The highest BCUT2D eigenvalue weighted by Crippen LogP contribution is 2.19. The lowest BCUT2D eigenvalue weighted by atomic mass is 10.1. The first-order valence-electron chi connectivity index (χ1n) is 4.74. The molecule has 3 nitrogen and oxygen atoms in total. The van der Waals surface area contributed by atoms with E-state index in [4.69, 9.17) is 10.00 Å². The lowest BCUT2D eigenvalue weighted by Gasteiger charge is -2.04. The van der Waals surface area contributed by atoms with Crippen molar-refractivity contribution in [2.24, 2.45) is 0 Å². The molecule has 80 valence electrons. The highest BCUT2D eigenvalue weighted by molar-refractivity contribution is 5.94. The molecule has 1 aromatic carbocycles. The van der Waals surface area contributed by atoms with Crippen molar-refractivity contribution in [1.82, 2.24) is 0 Å². The third-order valence-electron chi connectivity index (χ3n) is 2.00. The largest absolute Gasteiger partial charge is 0.495 e. The van der Waals surface area contributed by atoms with Crippen LogP contribution in [0, 0.1) is 23.2 Å². The predicted octanol–water partition coefficient (Wildman–Crippen LogP) is 2.16. The van der Waals surface area contributed by atoms with E-state index in [2.05, 4.69) is 11.8 Å². The Morgan fingerprint density at radius 3 is 2.81 bits per heavy atom. The topological polar surface area (TPSA) is 50.1 Å². The molecule has 0 saturated carbocycles. The number of Topliss-reactive ketones (excluding diaryl/α,β-unsaturated/α-hetero) is 1. The number of carbonyl (C=O) groups excluding carboxylic acids is 1. The summed E-state index contributed by atoms with van der Waals surface area (Å²) in [6.45, 7) is 1.49. The second-order valence-electron chi connectivity index (χ2n) is 3.11. The number of nitrogens with zero attached hydrogens (tertiary/aromatic N) is 1. The van der Waals surface area contributed by atoms with E-state index in [0.29, 0.717) is 16.9 Å². The van der Waals surface area contributed by atoms with Gasteiger partial charge in [0, 0.05) is 5.56 Å². The van der Waals surface area contributed by atoms with Gasteiger partial charge in [-0.15, -0.1) is 0 Å². The molecule has 0 aliphatic carbocycles. The third-order valence-corrected chi connectivity index (χ3v) is 2.00. The minimum Gasteiger partial charge on any atom is -0.495 e. The Bertz CT molecular complexity index is 501. The summed E-state index contributed by atoms with van der Waals surface area (Å²) in [5, 5.41) is 8.38. The first-order valence-corrected chi connectivity index (χ1v) is 4.74. The van der Waals surface area contributed by atoms with E-state index in [1.165, 1.54) is 14.0 Å². The zero-order chi connectivity index (χ0) is 12.0. The van der Waals surface area contributed by atoms with E-state index in [-0.39, 0.29) is 12.2 Å². The molecule has 0 aromatic heterocycles. The van der Waals surface area contributed by atoms with Crippen molar-refractivity contribution in [2.45, 2.75) is 13.3 Å². The first-order chi connectivity index (χ1) is 7.69. The molecular formula is C13H11NO2. The Morgan fingerprint density at radius 1 is 1.50 bits per heavy atom. The Balaban J connectivity index is 3.14. The molecule has 0 saturated heterocycles. The number of carbonyl (C=O) groups is 1.